The number of halogens is 3. The molecule has 262 valence electrons. The molecule has 2 heterocycles. The summed E-state index contributed by atoms with van der Waals surface area (Å²) in [6.07, 6.45) is -4.59. The van der Waals surface area contributed by atoms with E-state index in [1.54, 1.807) is 30.3 Å². The quantitative estimate of drug-likeness (QED) is 0.172. The zero-order chi connectivity index (χ0) is 37.5. The molecule has 0 aliphatic rings. The molecule has 8 heteroatoms. The van der Waals surface area contributed by atoms with Gasteiger partial charge in [-0.25, -0.2) is 15.0 Å². The van der Waals surface area contributed by atoms with Gasteiger partial charge in [-0.2, -0.15) is 18.4 Å². The number of hydrogen-bond acceptors (Lipinski definition) is 4. The number of alkyl halides is 3. The average molecular weight is 720 g/mol. The lowest BCUT2D eigenvalue weighted by Crippen LogP contribution is -2.08. The molecule has 0 fully saturated rings. The molecule has 0 spiro atoms. The normalized spacial score (nSPS) is 11.5. The van der Waals surface area contributed by atoms with Gasteiger partial charge in [-0.15, -0.1) is 0 Å². The van der Waals surface area contributed by atoms with Crippen LogP contribution < -0.4 is 0 Å². The maximum absolute atomic E-state index is 14.7. The van der Waals surface area contributed by atoms with E-state index in [9.17, 15) is 18.4 Å². The van der Waals surface area contributed by atoms with Crippen molar-refractivity contribution in [1.29, 1.82) is 5.26 Å². The van der Waals surface area contributed by atoms with Crippen molar-refractivity contribution in [1.82, 2.24) is 19.5 Å². The van der Waals surface area contributed by atoms with Gasteiger partial charge in [0.25, 0.3) is 0 Å². The van der Waals surface area contributed by atoms with E-state index >= 15 is 0 Å². The number of benzene rings is 7. The molecule has 0 aliphatic heterocycles. The largest absolute Gasteiger partial charge is 0.417 e. The first-order valence-electron chi connectivity index (χ1n) is 17.6. The molecule has 0 amide bonds. The zero-order valence-electron chi connectivity index (χ0n) is 29.0. The van der Waals surface area contributed by atoms with Gasteiger partial charge in [-0.3, -0.25) is 0 Å². The monoisotopic (exact) mass is 719 g/mol. The zero-order valence-corrected chi connectivity index (χ0v) is 29.0. The highest BCUT2D eigenvalue weighted by Crippen LogP contribution is 2.43. The molecule has 0 saturated heterocycles. The smallest absolute Gasteiger partial charge is 0.309 e. The molecular formula is C47H28F3N5. The summed E-state index contributed by atoms with van der Waals surface area (Å²) >= 11 is 0. The first kappa shape index (κ1) is 33.5. The van der Waals surface area contributed by atoms with Crippen LogP contribution in [0.1, 0.15) is 11.1 Å². The average Bonchev–Trinajstić information content (AvgIpc) is 3.57. The summed E-state index contributed by atoms with van der Waals surface area (Å²) in [4.78, 5) is 14.7. The van der Waals surface area contributed by atoms with Crippen molar-refractivity contribution in [3.63, 3.8) is 0 Å². The minimum absolute atomic E-state index is 0.0577. The van der Waals surface area contributed by atoms with E-state index in [4.69, 9.17) is 15.0 Å². The summed E-state index contributed by atoms with van der Waals surface area (Å²) in [6, 6.07) is 53.8. The highest BCUT2D eigenvalue weighted by Gasteiger charge is 2.34. The third kappa shape index (κ3) is 6.18. The molecule has 9 rings (SSSR count). The molecule has 0 bridgehead atoms. The fourth-order valence-electron chi connectivity index (χ4n) is 7.14. The number of nitrogens with zero attached hydrogens (tertiary/aromatic N) is 5. The number of para-hydroxylation sites is 1. The van der Waals surface area contributed by atoms with Gasteiger partial charge in [0.2, 0.25) is 0 Å². The van der Waals surface area contributed by atoms with E-state index in [1.165, 1.54) is 12.1 Å². The first-order chi connectivity index (χ1) is 26.9. The second kappa shape index (κ2) is 13.6. The summed E-state index contributed by atoms with van der Waals surface area (Å²) in [5.41, 5.74) is 6.58. The standard InChI is InChI=1S/C47H28F3N5/c48-47(49,50)40-17-9-7-15-36(40)38-25-23-35(46-53-44(32-11-3-1-4-12-32)52-45(54-46)33-13-5-2-6-14-33)28-43(38)55-41-18-10-8-16-37(41)39-27-34(24-26-42(39)55)31-21-19-30(29-51)20-22-31/h1-28H. The maximum Gasteiger partial charge on any atom is 0.417 e. The van der Waals surface area contributed by atoms with Crippen LogP contribution in [0.25, 0.3) is 83.9 Å². The minimum Gasteiger partial charge on any atom is -0.309 e. The predicted molar refractivity (Wildman–Crippen MR) is 211 cm³/mol. The molecule has 0 saturated carbocycles. The van der Waals surface area contributed by atoms with Crippen molar-refractivity contribution in [2.75, 3.05) is 0 Å². The summed E-state index contributed by atoms with van der Waals surface area (Å²) in [7, 11) is 0. The van der Waals surface area contributed by atoms with Crippen molar-refractivity contribution >= 4 is 21.8 Å². The Morgan fingerprint density at radius 1 is 0.455 bits per heavy atom. The van der Waals surface area contributed by atoms with Gasteiger partial charge in [0.1, 0.15) is 0 Å². The maximum atomic E-state index is 14.7. The first-order valence-corrected chi connectivity index (χ1v) is 17.6. The third-order valence-electron chi connectivity index (χ3n) is 9.74. The van der Waals surface area contributed by atoms with Crippen molar-refractivity contribution in [2.45, 2.75) is 6.18 Å². The number of hydrogen-bond donors (Lipinski definition) is 0. The van der Waals surface area contributed by atoms with Gasteiger partial charge in [0.15, 0.2) is 17.5 Å². The molecule has 7 aromatic carbocycles. The van der Waals surface area contributed by atoms with Crippen molar-refractivity contribution < 1.29 is 13.2 Å². The Balaban J connectivity index is 1.32. The van der Waals surface area contributed by atoms with Crippen molar-refractivity contribution in [3.8, 4) is 68.2 Å². The molecule has 0 radical (unpaired) electrons. The second-order valence-electron chi connectivity index (χ2n) is 13.1. The number of fused-ring (bicyclic) bond motifs is 3. The molecule has 0 aliphatic carbocycles. The van der Waals surface area contributed by atoms with E-state index in [-0.39, 0.29) is 5.56 Å². The number of aromatic nitrogens is 4. The van der Waals surface area contributed by atoms with E-state index < -0.39 is 11.7 Å². The Morgan fingerprint density at radius 3 is 1.65 bits per heavy atom. The van der Waals surface area contributed by atoms with Gasteiger partial charge in [-0.1, -0.05) is 127 Å². The predicted octanol–water partition coefficient (Wildman–Crippen LogP) is 12.2. The number of rotatable bonds is 6. The van der Waals surface area contributed by atoms with Crippen LogP contribution >= 0.6 is 0 Å². The summed E-state index contributed by atoms with van der Waals surface area (Å²) in [5.74, 6) is 1.34. The van der Waals surface area contributed by atoms with Crippen LogP contribution in [0.4, 0.5) is 13.2 Å². The van der Waals surface area contributed by atoms with Gasteiger partial charge in [-0.05, 0) is 59.2 Å². The minimum atomic E-state index is -4.59. The van der Waals surface area contributed by atoms with Crippen LogP contribution in [0.5, 0.6) is 0 Å². The molecule has 2 aromatic heterocycles. The van der Waals surface area contributed by atoms with Crippen LogP contribution in [0.15, 0.2) is 170 Å². The highest BCUT2D eigenvalue weighted by molar-refractivity contribution is 6.11. The molecule has 55 heavy (non-hydrogen) atoms. The van der Waals surface area contributed by atoms with Gasteiger partial charge in [0.05, 0.1) is 33.9 Å². The summed E-state index contributed by atoms with van der Waals surface area (Å²) < 4.78 is 46.0. The number of nitriles is 1. The Bertz CT molecular complexity index is 2850. The Hall–Kier alpha value is -7.37. The summed E-state index contributed by atoms with van der Waals surface area (Å²) in [5, 5.41) is 11.2. The van der Waals surface area contributed by atoms with Crippen molar-refractivity contribution in [2.24, 2.45) is 0 Å². The molecular weight excluding hydrogens is 692 g/mol. The highest BCUT2D eigenvalue weighted by atomic mass is 19.4. The molecule has 0 N–H and O–H groups in total. The molecule has 0 atom stereocenters. The fraction of sp³-hybridized carbons (Fsp3) is 0.0213. The molecule has 5 nitrogen and oxygen atoms in total. The Morgan fingerprint density at radius 2 is 1.00 bits per heavy atom. The van der Waals surface area contributed by atoms with Crippen LogP contribution in [0.2, 0.25) is 0 Å². The SMILES string of the molecule is N#Cc1ccc(-c2ccc3c(c2)c2ccccc2n3-c2cc(-c3nc(-c4ccccc4)nc(-c4ccccc4)n3)ccc2-c2ccccc2C(F)(F)F)cc1. The van der Waals surface area contributed by atoms with Crippen LogP contribution in [-0.2, 0) is 6.18 Å². The topological polar surface area (TPSA) is 67.4 Å². The Kier molecular flexibility index (Phi) is 8.25. The van der Waals surface area contributed by atoms with E-state index in [0.717, 1.165) is 50.1 Å². The molecule has 0 unspecified atom stereocenters. The Labute approximate surface area is 314 Å². The van der Waals surface area contributed by atoms with Crippen LogP contribution in [-0.4, -0.2) is 19.5 Å². The van der Waals surface area contributed by atoms with Gasteiger partial charge in [0, 0.05) is 33.0 Å². The van der Waals surface area contributed by atoms with E-state index in [0.29, 0.717) is 39.9 Å². The summed E-state index contributed by atoms with van der Waals surface area (Å²) in [6.45, 7) is 0. The van der Waals surface area contributed by atoms with E-state index in [2.05, 4.69) is 12.1 Å². The van der Waals surface area contributed by atoms with Crippen LogP contribution in [0, 0.1) is 11.3 Å². The van der Waals surface area contributed by atoms with Crippen LogP contribution in [0.3, 0.4) is 0 Å². The van der Waals surface area contributed by atoms with Gasteiger partial charge < -0.3 is 4.57 Å². The van der Waals surface area contributed by atoms with Gasteiger partial charge >= 0.3 is 6.18 Å². The second-order valence-corrected chi connectivity index (χ2v) is 13.1. The van der Waals surface area contributed by atoms with Crippen molar-refractivity contribution in [3.05, 3.63) is 181 Å². The lowest BCUT2D eigenvalue weighted by molar-refractivity contribution is -0.137. The lowest BCUT2D eigenvalue weighted by atomic mass is 9.96. The lowest BCUT2D eigenvalue weighted by Gasteiger charge is -2.19. The molecule has 9 aromatic rings. The fourth-order valence-corrected chi connectivity index (χ4v) is 7.14. The third-order valence-corrected chi connectivity index (χ3v) is 9.74. The van der Waals surface area contributed by atoms with E-state index in [1.807, 2.05) is 120 Å².